The highest BCUT2D eigenvalue weighted by Gasteiger charge is 2.23. The van der Waals surface area contributed by atoms with E-state index in [1.807, 2.05) is 0 Å². The normalized spacial score (nSPS) is 9.86. The molecule has 1 aromatic carbocycles. The van der Waals surface area contributed by atoms with E-state index in [2.05, 4.69) is 0 Å². The topological polar surface area (TPSA) is 81.2 Å². The molecule has 0 fully saturated rings. The second kappa shape index (κ2) is 7.28. The lowest BCUT2D eigenvalue weighted by Crippen LogP contribution is -2.47. The maximum absolute atomic E-state index is 12.4. The smallest absolute Gasteiger partial charge is 0.325 e. The number of para-hydroxylation sites is 1. The van der Waals surface area contributed by atoms with Gasteiger partial charge in [0.25, 0.3) is 0 Å². The van der Waals surface area contributed by atoms with E-state index in [1.165, 1.54) is 16.8 Å². The van der Waals surface area contributed by atoms with Crippen molar-refractivity contribution in [2.75, 3.05) is 39.1 Å². The van der Waals surface area contributed by atoms with Gasteiger partial charge in [-0.3, -0.25) is 14.5 Å². The van der Waals surface area contributed by atoms with Crippen molar-refractivity contribution in [3.05, 3.63) is 30.3 Å². The Balaban J connectivity index is 2.90. The Hall–Kier alpha value is -2.57. The minimum Gasteiger partial charge on any atom is -0.480 e. The third kappa shape index (κ3) is 4.79. The van der Waals surface area contributed by atoms with Crippen LogP contribution >= 0.6 is 0 Å². The van der Waals surface area contributed by atoms with Crippen molar-refractivity contribution in [3.8, 4) is 0 Å². The third-order valence-corrected chi connectivity index (χ3v) is 2.79. The number of urea groups is 1. The maximum atomic E-state index is 12.4. The van der Waals surface area contributed by atoms with Crippen LogP contribution in [0.25, 0.3) is 0 Å². The maximum Gasteiger partial charge on any atom is 0.325 e. The summed E-state index contributed by atoms with van der Waals surface area (Å²) in [6.45, 7) is -0.585. The highest BCUT2D eigenvalue weighted by atomic mass is 16.4. The Morgan fingerprint density at radius 3 is 2.05 bits per heavy atom. The predicted octanol–water partition coefficient (Wildman–Crippen LogP) is 0.718. The quantitative estimate of drug-likeness (QED) is 0.867. The molecular weight excluding hydrogens is 274 g/mol. The number of carbonyl (C=O) groups is 3. The fourth-order valence-electron chi connectivity index (χ4n) is 1.63. The van der Waals surface area contributed by atoms with Crippen LogP contribution in [0, 0.1) is 0 Å². The van der Waals surface area contributed by atoms with Crippen LogP contribution < -0.4 is 4.90 Å². The first-order valence-electron chi connectivity index (χ1n) is 6.32. The summed E-state index contributed by atoms with van der Waals surface area (Å²) in [5, 5.41) is 8.96. The highest BCUT2D eigenvalue weighted by Crippen LogP contribution is 2.14. The average Bonchev–Trinajstić information content (AvgIpc) is 2.44. The first kappa shape index (κ1) is 16.5. The van der Waals surface area contributed by atoms with Crippen molar-refractivity contribution in [2.24, 2.45) is 0 Å². The Labute approximate surface area is 123 Å². The Kier molecular flexibility index (Phi) is 5.71. The van der Waals surface area contributed by atoms with Gasteiger partial charge in [0.15, 0.2) is 0 Å². The summed E-state index contributed by atoms with van der Waals surface area (Å²) in [7, 11) is 4.64. The van der Waals surface area contributed by atoms with Crippen molar-refractivity contribution in [3.63, 3.8) is 0 Å². The van der Waals surface area contributed by atoms with Gasteiger partial charge in [-0.1, -0.05) is 18.2 Å². The van der Waals surface area contributed by atoms with Gasteiger partial charge in [-0.05, 0) is 12.1 Å². The highest BCUT2D eigenvalue weighted by molar-refractivity contribution is 5.97. The van der Waals surface area contributed by atoms with Crippen molar-refractivity contribution in [1.29, 1.82) is 0 Å². The van der Waals surface area contributed by atoms with Gasteiger partial charge in [-0.25, -0.2) is 4.79 Å². The zero-order valence-electron chi connectivity index (χ0n) is 12.3. The molecule has 1 N–H and O–H groups in total. The minimum absolute atomic E-state index is 0.116. The van der Waals surface area contributed by atoms with E-state index in [4.69, 9.17) is 5.11 Å². The predicted molar refractivity (Wildman–Crippen MR) is 78.1 cm³/mol. The van der Waals surface area contributed by atoms with Crippen LogP contribution in [0.1, 0.15) is 0 Å². The van der Waals surface area contributed by atoms with Crippen molar-refractivity contribution >= 4 is 23.6 Å². The molecule has 0 radical (unpaired) electrons. The lowest BCUT2D eigenvalue weighted by atomic mass is 10.3. The van der Waals surface area contributed by atoms with E-state index >= 15 is 0 Å². The van der Waals surface area contributed by atoms with Gasteiger partial charge in [-0.15, -0.1) is 0 Å². The Morgan fingerprint density at radius 1 is 1.00 bits per heavy atom. The molecule has 0 saturated carbocycles. The summed E-state index contributed by atoms with van der Waals surface area (Å²) >= 11 is 0. The van der Waals surface area contributed by atoms with Crippen molar-refractivity contribution in [1.82, 2.24) is 9.80 Å². The molecule has 0 spiro atoms. The number of rotatable bonds is 5. The molecule has 0 aromatic heterocycles. The number of benzene rings is 1. The number of amides is 3. The monoisotopic (exact) mass is 293 g/mol. The number of nitrogens with zero attached hydrogens (tertiary/aromatic N) is 3. The molecule has 114 valence electrons. The molecule has 7 nitrogen and oxygen atoms in total. The summed E-state index contributed by atoms with van der Waals surface area (Å²) in [5.41, 5.74) is 0.467. The van der Waals surface area contributed by atoms with Gasteiger partial charge < -0.3 is 14.9 Å². The number of carbonyl (C=O) groups excluding carboxylic acids is 2. The fourth-order valence-corrected chi connectivity index (χ4v) is 1.63. The van der Waals surface area contributed by atoms with Gasteiger partial charge in [-0.2, -0.15) is 0 Å². The van der Waals surface area contributed by atoms with E-state index in [1.54, 1.807) is 44.4 Å². The average molecular weight is 293 g/mol. The number of hydrogen-bond acceptors (Lipinski definition) is 3. The number of anilines is 1. The molecule has 0 unspecified atom stereocenters. The van der Waals surface area contributed by atoms with E-state index in [-0.39, 0.29) is 12.5 Å². The SMILES string of the molecule is CN(C)C(=O)CN(C)C(=O)N(CC(=O)O)c1ccccc1. The Morgan fingerprint density at radius 2 is 1.57 bits per heavy atom. The molecule has 21 heavy (non-hydrogen) atoms. The lowest BCUT2D eigenvalue weighted by Gasteiger charge is -2.27. The fraction of sp³-hybridized carbons (Fsp3) is 0.357. The third-order valence-electron chi connectivity index (χ3n) is 2.79. The van der Waals surface area contributed by atoms with Gasteiger partial charge in [0.05, 0.1) is 0 Å². The first-order chi connectivity index (χ1) is 9.82. The number of carboxylic acids is 1. The standard InChI is InChI=1S/C14H19N3O4/c1-15(2)12(18)9-16(3)14(21)17(10-13(19)20)11-7-5-4-6-8-11/h4-8H,9-10H2,1-3H3,(H,19,20). The van der Waals surface area contributed by atoms with E-state index in [9.17, 15) is 14.4 Å². The summed E-state index contributed by atoms with van der Waals surface area (Å²) in [6, 6.07) is 7.93. The van der Waals surface area contributed by atoms with Crippen LogP contribution in [0.3, 0.4) is 0 Å². The number of aliphatic carboxylic acids is 1. The molecule has 0 aliphatic carbocycles. The van der Waals surface area contributed by atoms with Gasteiger partial charge in [0.2, 0.25) is 5.91 Å². The number of likely N-dealkylation sites (N-methyl/N-ethyl adjacent to an activating group) is 2. The van der Waals surface area contributed by atoms with Gasteiger partial charge >= 0.3 is 12.0 Å². The molecule has 0 atom stereocenters. The zero-order valence-corrected chi connectivity index (χ0v) is 12.3. The minimum atomic E-state index is -1.13. The summed E-state index contributed by atoms with van der Waals surface area (Å²) < 4.78 is 0. The molecule has 0 aliphatic rings. The summed E-state index contributed by atoms with van der Waals surface area (Å²) in [5.74, 6) is -1.37. The van der Waals surface area contributed by atoms with Crippen LogP contribution in [0.4, 0.5) is 10.5 Å². The first-order valence-corrected chi connectivity index (χ1v) is 6.32. The molecule has 0 bridgehead atoms. The molecule has 3 amide bonds. The van der Waals surface area contributed by atoms with Crippen LogP contribution in [0.15, 0.2) is 30.3 Å². The van der Waals surface area contributed by atoms with Gasteiger partial charge in [0.1, 0.15) is 13.1 Å². The molecule has 1 aromatic rings. The second-order valence-electron chi connectivity index (χ2n) is 4.74. The molecule has 0 saturated heterocycles. The van der Waals surface area contributed by atoms with Crippen LogP contribution in [0.2, 0.25) is 0 Å². The van der Waals surface area contributed by atoms with E-state index < -0.39 is 18.5 Å². The largest absolute Gasteiger partial charge is 0.480 e. The van der Waals surface area contributed by atoms with E-state index in [0.717, 1.165) is 4.90 Å². The van der Waals surface area contributed by atoms with Crippen LogP contribution in [0.5, 0.6) is 0 Å². The zero-order chi connectivity index (χ0) is 16.0. The lowest BCUT2D eigenvalue weighted by molar-refractivity contribution is -0.135. The van der Waals surface area contributed by atoms with Gasteiger partial charge in [0, 0.05) is 26.8 Å². The van der Waals surface area contributed by atoms with Crippen LogP contribution in [-0.2, 0) is 9.59 Å². The molecule has 0 aliphatic heterocycles. The van der Waals surface area contributed by atoms with Crippen molar-refractivity contribution < 1.29 is 19.5 Å². The molecular formula is C14H19N3O4. The summed E-state index contributed by atoms with van der Waals surface area (Å²) in [6.07, 6.45) is 0. The molecule has 7 heteroatoms. The number of hydrogen-bond donors (Lipinski definition) is 1. The molecule has 1 rings (SSSR count). The number of carboxylic acid groups (broad SMARTS) is 1. The van der Waals surface area contributed by atoms with Crippen LogP contribution in [-0.4, -0.2) is 67.0 Å². The Bertz CT molecular complexity index is 516. The summed E-state index contributed by atoms with van der Waals surface area (Å²) in [4.78, 5) is 38.6. The van der Waals surface area contributed by atoms with Crippen molar-refractivity contribution in [2.45, 2.75) is 0 Å². The van der Waals surface area contributed by atoms with E-state index in [0.29, 0.717) is 5.69 Å². The molecule has 0 heterocycles. The second-order valence-corrected chi connectivity index (χ2v) is 4.74.